The van der Waals surface area contributed by atoms with Gasteiger partial charge in [-0.15, -0.1) is 5.10 Å². The molecule has 1 aromatic heterocycles. The summed E-state index contributed by atoms with van der Waals surface area (Å²) in [6.45, 7) is -0.797. The number of aromatic amines is 1. The molecule has 0 bridgehead atoms. The van der Waals surface area contributed by atoms with Crippen LogP contribution in [0.15, 0.2) is 22.0 Å². The molecule has 0 unspecified atom stereocenters. The number of nitrogens with zero attached hydrogens (tertiary/aromatic N) is 3. The van der Waals surface area contributed by atoms with Crippen molar-refractivity contribution in [2.24, 2.45) is 5.10 Å². The topological polar surface area (TPSA) is 159 Å². The van der Waals surface area contributed by atoms with Gasteiger partial charge in [0.1, 0.15) is 6.07 Å². The van der Waals surface area contributed by atoms with Gasteiger partial charge in [0.25, 0.3) is 11.5 Å². The Kier molecular flexibility index (Phi) is 6.27. The van der Waals surface area contributed by atoms with E-state index in [1.165, 1.54) is 18.2 Å². The number of H-pyrrole nitrogens is 1. The molecule has 1 aliphatic carbocycles. The van der Waals surface area contributed by atoms with E-state index in [1.807, 2.05) is 5.32 Å². The molecular weight excluding hydrogens is 475 g/mol. The van der Waals surface area contributed by atoms with Gasteiger partial charge in [-0.05, 0) is 37.8 Å². The number of carbonyl (C=O) groups excluding carboxylic acids is 2. The van der Waals surface area contributed by atoms with Crippen molar-refractivity contribution < 1.29 is 23.2 Å². The smallest absolute Gasteiger partial charge is 0.414 e. The summed E-state index contributed by atoms with van der Waals surface area (Å²) in [4.78, 5) is 35.5. The minimum absolute atomic E-state index is 0.0261. The van der Waals surface area contributed by atoms with Gasteiger partial charge in [-0.1, -0.05) is 30.1 Å². The van der Waals surface area contributed by atoms with E-state index in [-0.39, 0.29) is 52.4 Å². The van der Waals surface area contributed by atoms with Crippen LogP contribution in [0.25, 0.3) is 0 Å². The van der Waals surface area contributed by atoms with Gasteiger partial charge in [-0.25, -0.2) is 9.89 Å². The van der Waals surface area contributed by atoms with E-state index in [1.54, 1.807) is 6.92 Å². The maximum Gasteiger partial charge on any atom is 0.414 e. The number of imide groups is 1. The standard InChI is InChI=1S/C20H18Cl2N6O5/c1-3-32-20(31)24-17(29)14(8-23)26-25-10-6-12(21)16(13(22)7-10)33-19-11-5-4-9(2)15(11)18(30)27-28-19/h6-7,9,25H,3-5H2,1-2H3,(H,27,30)(H,24,29,31)/b26-14+/t9-/m0/s1/i2D3. The highest BCUT2D eigenvalue weighted by Gasteiger charge is 2.27. The summed E-state index contributed by atoms with van der Waals surface area (Å²) in [5.41, 5.74) is 1.75. The van der Waals surface area contributed by atoms with Gasteiger partial charge in [0.15, 0.2) is 5.75 Å². The zero-order valence-electron chi connectivity index (χ0n) is 20.0. The number of carbonyl (C=O) groups is 2. The lowest BCUT2D eigenvalue weighted by atomic mass is 10.1. The van der Waals surface area contributed by atoms with E-state index in [9.17, 15) is 14.4 Å². The Morgan fingerprint density at radius 2 is 2.15 bits per heavy atom. The normalized spacial score (nSPS) is 16.5. The first-order valence-electron chi connectivity index (χ1n) is 11.0. The SMILES string of the molecule is [2H]C([2H])([2H])[C@H]1CCc2c(Oc3c(Cl)cc(N/N=C(\C#N)C(=O)NC(=O)OCC)cc3Cl)n[nH]c(=O)c21. The van der Waals surface area contributed by atoms with E-state index < -0.39 is 36.0 Å². The van der Waals surface area contributed by atoms with Crippen molar-refractivity contribution in [3.05, 3.63) is 43.7 Å². The van der Waals surface area contributed by atoms with Crippen molar-refractivity contribution in [3.8, 4) is 17.7 Å². The molecule has 0 spiro atoms. The van der Waals surface area contributed by atoms with Gasteiger partial charge in [0.2, 0.25) is 11.6 Å². The van der Waals surface area contributed by atoms with Crippen molar-refractivity contribution in [2.45, 2.75) is 32.5 Å². The van der Waals surface area contributed by atoms with E-state index >= 15 is 0 Å². The van der Waals surface area contributed by atoms with Crippen LogP contribution < -0.4 is 21.0 Å². The van der Waals surface area contributed by atoms with E-state index in [0.29, 0.717) is 5.56 Å². The van der Waals surface area contributed by atoms with E-state index in [4.69, 9.17) is 37.3 Å². The highest BCUT2D eigenvalue weighted by Crippen LogP contribution is 2.41. The van der Waals surface area contributed by atoms with Crippen LogP contribution in [0.4, 0.5) is 10.5 Å². The number of ether oxygens (including phenoxy) is 2. The number of nitrogens with one attached hydrogen (secondary N) is 3. The molecule has 172 valence electrons. The van der Waals surface area contributed by atoms with Crippen molar-refractivity contribution >= 4 is 46.6 Å². The fourth-order valence-electron chi connectivity index (χ4n) is 2.99. The van der Waals surface area contributed by atoms with Crippen LogP contribution in [-0.2, 0) is 16.0 Å². The number of amides is 2. The number of halogens is 2. The first kappa shape index (κ1) is 20.0. The van der Waals surface area contributed by atoms with Crippen molar-refractivity contribution in [2.75, 3.05) is 12.0 Å². The number of fused-ring (bicyclic) bond motifs is 1. The molecule has 0 fully saturated rings. The van der Waals surface area contributed by atoms with Crippen LogP contribution in [0.3, 0.4) is 0 Å². The second-order valence-corrected chi connectivity index (χ2v) is 7.39. The highest BCUT2D eigenvalue weighted by atomic mass is 35.5. The largest absolute Gasteiger partial charge is 0.450 e. The third-order valence-electron chi connectivity index (χ3n) is 4.42. The monoisotopic (exact) mass is 495 g/mol. The minimum Gasteiger partial charge on any atom is -0.450 e. The minimum atomic E-state index is -2.37. The molecule has 0 radical (unpaired) electrons. The molecule has 33 heavy (non-hydrogen) atoms. The number of nitriles is 1. The lowest BCUT2D eigenvalue weighted by Crippen LogP contribution is -2.36. The third-order valence-corrected chi connectivity index (χ3v) is 4.99. The van der Waals surface area contributed by atoms with E-state index in [0.717, 1.165) is 0 Å². The molecule has 1 atom stereocenters. The lowest BCUT2D eigenvalue weighted by Gasteiger charge is -2.13. The number of aromatic nitrogens is 2. The summed E-state index contributed by atoms with van der Waals surface area (Å²) in [5, 5.41) is 20.7. The molecule has 1 heterocycles. The summed E-state index contributed by atoms with van der Waals surface area (Å²) in [6, 6.07) is 4.18. The number of benzene rings is 1. The van der Waals surface area contributed by atoms with Crippen LogP contribution in [0.2, 0.25) is 10.0 Å². The average Bonchev–Trinajstić information content (AvgIpc) is 3.25. The summed E-state index contributed by atoms with van der Waals surface area (Å²) >= 11 is 12.6. The summed E-state index contributed by atoms with van der Waals surface area (Å²) in [5.74, 6) is -2.12. The lowest BCUT2D eigenvalue weighted by molar-refractivity contribution is -0.114. The van der Waals surface area contributed by atoms with Gasteiger partial charge in [-0.2, -0.15) is 10.4 Å². The Bertz CT molecular complexity index is 1320. The second-order valence-electron chi connectivity index (χ2n) is 6.57. The predicted molar refractivity (Wildman–Crippen MR) is 120 cm³/mol. The van der Waals surface area contributed by atoms with Crippen molar-refractivity contribution in [3.63, 3.8) is 0 Å². The Hall–Kier alpha value is -3.62. The number of hydrogen-bond donors (Lipinski definition) is 3. The van der Waals surface area contributed by atoms with Crippen LogP contribution in [0.5, 0.6) is 11.6 Å². The number of hydrogen-bond acceptors (Lipinski definition) is 9. The molecule has 3 rings (SSSR count). The van der Waals surface area contributed by atoms with Crippen LogP contribution in [-0.4, -0.2) is 34.5 Å². The molecule has 2 amide bonds. The fraction of sp³-hybridized carbons (Fsp3) is 0.300. The second kappa shape index (κ2) is 10.3. The number of hydrazone groups is 1. The zero-order chi connectivity index (χ0) is 26.6. The number of rotatable bonds is 6. The van der Waals surface area contributed by atoms with Crippen molar-refractivity contribution in [1.29, 1.82) is 5.26 Å². The third kappa shape index (κ3) is 5.42. The van der Waals surface area contributed by atoms with Crippen LogP contribution in [0, 0.1) is 11.3 Å². The number of alkyl carbamates (subject to hydrolysis) is 1. The fourth-order valence-corrected chi connectivity index (χ4v) is 3.56. The maximum absolute atomic E-state index is 12.3. The molecule has 1 aromatic carbocycles. The Labute approximate surface area is 201 Å². The van der Waals surface area contributed by atoms with E-state index in [2.05, 4.69) is 25.5 Å². The molecule has 3 N–H and O–H groups in total. The molecule has 13 heteroatoms. The average molecular weight is 496 g/mol. The summed E-state index contributed by atoms with van der Waals surface area (Å²) < 4.78 is 33.4. The molecule has 11 nitrogen and oxygen atoms in total. The number of anilines is 1. The molecule has 1 aliphatic rings. The van der Waals surface area contributed by atoms with Gasteiger partial charge in [0, 0.05) is 15.2 Å². The first-order valence-corrected chi connectivity index (χ1v) is 10.2. The Balaban J connectivity index is 1.83. The Morgan fingerprint density at radius 3 is 2.79 bits per heavy atom. The Morgan fingerprint density at radius 1 is 1.42 bits per heavy atom. The molecule has 0 saturated heterocycles. The molecule has 0 saturated carbocycles. The molecular formula is C20H18Cl2N6O5. The van der Waals surface area contributed by atoms with Gasteiger partial charge in [-0.3, -0.25) is 20.3 Å². The van der Waals surface area contributed by atoms with Crippen molar-refractivity contribution in [1.82, 2.24) is 15.5 Å². The first-order chi connectivity index (χ1) is 17.0. The summed E-state index contributed by atoms with van der Waals surface area (Å²) in [7, 11) is 0. The predicted octanol–water partition coefficient (Wildman–Crippen LogP) is 3.48. The van der Waals surface area contributed by atoms with Crippen LogP contribution in [0.1, 0.15) is 41.4 Å². The molecule has 0 aliphatic heterocycles. The zero-order valence-corrected chi connectivity index (χ0v) is 18.5. The highest BCUT2D eigenvalue weighted by molar-refractivity contribution is 6.47. The van der Waals surface area contributed by atoms with Gasteiger partial charge < -0.3 is 9.47 Å². The maximum atomic E-state index is 12.3. The van der Waals surface area contributed by atoms with Gasteiger partial charge in [0.05, 0.1) is 22.3 Å². The van der Waals surface area contributed by atoms with Crippen LogP contribution >= 0.6 is 23.2 Å². The molecule has 2 aromatic rings. The van der Waals surface area contributed by atoms with Gasteiger partial charge >= 0.3 is 6.09 Å². The summed E-state index contributed by atoms with van der Waals surface area (Å²) in [6.07, 6.45) is -0.547. The quantitative estimate of drug-likeness (QED) is 0.405.